The van der Waals surface area contributed by atoms with E-state index in [0.29, 0.717) is 31.7 Å². The molecule has 0 aliphatic carbocycles. The number of aromatic nitrogens is 4. The number of hydrogen-bond acceptors (Lipinski definition) is 7. The molecule has 0 radical (unpaired) electrons. The summed E-state index contributed by atoms with van der Waals surface area (Å²) in [6.45, 7) is 6.70. The van der Waals surface area contributed by atoms with Crippen LogP contribution in [-0.4, -0.2) is 57.8 Å². The van der Waals surface area contributed by atoms with Crippen LogP contribution in [0.2, 0.25) is 0 Å². The number of piperidine rings is 1. The number of hydrogen-bond donors (Lipinski definition) is 1. The van der Waals surface area contributed by atoms with Gasteiger partial charge in [0, 0.05) is 31.2 Å². The molecule has 13 heteroatoms. The van der Waals surface area contributed by atoms with E-state index in [0.717, 1.165) is 34.4 Å². The summed E-state index contributed by atoms with van der Waals surface area (Å²) in [6, 6.07) is 11.4. The van der Waals surface area contributed by atoms with Gasteiger partial charge in [-0.2, -0.15) is 4.31 Å². The number of halogens is 3. The Labute approximate surface area is 230 Å². The Balaban J connectivity index is 1.24. The fourth-order valence-electron chi connectivity index (χ4n) is 4.80. The summed E-state index contributed by atoms with van der Waals surface area (Å²) < 4.78 is 70.9. The van der Waals surface area contributed by atoms with Crippen LogP contribution in [0.5, 0.6) is 5.75 Å². The maximum atomic E-state index is 13.3. The SMILES string of the molecule is Cc1cc(-c2ccc(S(=O)(=O)N3CCC(Nc4ccc(OC(F)(F)F)cn4)CC3)cc2)cn2c(C(C)C)nnc12. The van der Waals surface area contributed by atoms with E-state index in [9.17, 15) is 21.6 Å². The largest absolute Gasteiger partial charge is 0.573 e. The first kappa shape index (κ1) is 27.8. The van der Waals surface area contributed by atoms with Crippen molar-refractivity contribution in [3.63, 3.8) is 0 Å². The fraction of sp³-hybridized carbons (Fsp3) is 0.370. The van der Waals surface area contributed by atoms with Crippen LogP contribution in [0.25, 0.3) is 16.8 Å². The summed E-state index contributed by atoms with van der Waals surface area (Å²) in [6.07, 6.45) is -0.760. The van der Waals surface area contributed by atoms with Crippen molar-refractivity contribution in [3.05, 3.63) is 66.2 Å². The van der Waals surface area contributed by atoms with Crippen LogP contribution < -0.4 is 10.1 Å². The minimum atomic E-state index is -4.78. The number of nitrogens with zero attached hydrogens (tertiary/aromatic N) is 5. The van der Waals surface area contributed by atoms with Crippen molar-refractivity contribution in [2.75, 3.05) is 18.4 Å². The molecule has 1 aliphatic rings. The maximum Gasteiger partial charge on any atom is 0.573 e. The van der Waals surface area contributed by atoms with Crippen LogP contribution in [-0.2, 0) is 10.0 Å². The average molecular weight is 575 g/mol. The van der Waals surface area contributed by atoms with Crippen LogP contribution in [0, 0.1) is 6.92 Å². The van der Waals surface area contributed by atoms with Gasteiger partial charge in [-0.05, 0) is 66.8 Å². The number of aryl methyl sites for hydroxylation is 1. The van der Waals surface area contributed by atoms with E-state index in [2.05, 4.69) is 39.1 Å². The van der Waals surface area contributed by atoms with Crippen LogP contribution in [0.1, 0.15) is 44.0 Å². The van der Waals surface area contributed by atoms with Gasteiger partial charge in [-0.25, -0.2) is 13.4 Å². The smallest absolute Gasteiger partial charge is 0.404 e. The molecule has 4 heterocycles. The third-order valence-corrected chi connectivity index (χ3v) is 8.75. The van der Waals surface area contributed by atoms with Gasteiger partial charge >= 0.3 is 6.36 Å². The topological polar surface area (TPSA) is 102 Å². The molecule has 0 amide bonds. The number of sulfonamides is 1. The van der Waals surface area contributed by atoms with E-state index in [1.165, 1.54) is 16.4 Å². The maximum absolute atomic E-state index is 13.3. The lowest BCUT2D eigenvalue weighted by Crippen LogP contribution is -2.42. The number of anilines is 1. The first-order valence-electron chi connectivity index (χ1n) is 12.8. The van der Waals surface area contributed by atoms with Gasteiger partial charge in [-0.3, -0.25) is 4.40 Å². The Morgan fingerprint density at radius 3 is 2.33 bits per heavy atom. The molecule has 40 heavy (non-hydrogen) atoms. The van der Waals surface area contributed by atoms with Gasteiger partial charge in [0.2, 0.25) is 10.0 Å². The second-order valence-electron chi connectivity index (χ2n) is 10.1. The molecule has 0 spiro atoms. The Hall–Kier alpha value is -3.71. The lowest BCUT2D eigenvalue weighted by Gasteiger charge is -2.32. The molecule has 1 aromatic carbocycles. The minimum absolute atomic E-state index is 0.0673. The molecule has 0 atom stereocenters. The second kappa shape index (κ2) is 10.7. The van der Waals surface area contributed by atoms with Crippen molar-refractivity contribution in [1.82, 2.24) is 23.9 Å². The quantitative estimate of drug-likeness (QED) is 0.316. The van der Waals surface area contributed by atoms with Crippen LogP contribution in [0.4, 0.5) is 19.0 Å². The molecular weight excluding hydrogens is 545 g/mol. The Bertz CT molecular complexity index is 1600. The third kappa shape index (κ3) is 5.89. The normalized spacial score (nSPS) is 15.6. The molecule has 1 fully saturated rings. The highest BCUT2D eigenvalue weighted by Gasteiger charge is 2.32. The summed E-state index contributed by atoms with van der Waals surface area (Å²) in [5.41, 5.74) is 3.60. The standard InChI is InChI=1S/C27H29F3N6O3S/c1-17(2)25-33-34-26-18(3)14-20(16-36(25)26)19-4-7-23(8-5-19)40(37,38)35-12-10-21(11-13-35)32-24-9-6-22(15-31-24)39-27(28,29)30/h4-9,14-17,21H,10-13H2,1-3H3,(H,31,32). The van der Waals surface area contributed by atoms with E-state index < -0.39 is 22.1 Å². The summed E-state index contributed by atoms with van der Waals surface area (Å²) >= 11 is 0. The minimum Gasteiger partial charge on any atom is -0.404 e. The summed E-state index contributed by atoms with van der Waals surface area (Å²) in [5, 5.41) is 11.8. The van der Waals surface area contributed by atoms with E-state index >= 15 is 0 Å². The van der Waals surface area contributed by atoms with E-state index in [1.807, 2.05) is 23.6 Å². The summed E-state index contributed by atoms with van der Waals surface area (Å²) in [7, 11) is -3.69. The number of ether oxygens (including phenoxy) is 1. The molecule has 1 N–H and O–H groups in total. The molecule has 1 saturated heterocycles. The predicted molar refractivity (Wildman–Crippen MR) is 144 cm³/mol. The molecule has 5 rings (SSSR count). The fourth-order valence-corrected chi connectivity index (χ4v) is 6.27. The highest BCUT2D eigenvalue weighted by Crippen LogP contribution is 2.28. The zero-order valence-corrected chi connectivity index (χ0v) is 23.0. The highest BCUT2D eigenvalue weighted by atomic mass is 32.2. The van der Waals surface area contributed by atoms with Crippen molar-refractivity contribution in [2.24, 2.45) is 0 Å². The lowest BCUT2D eigenvalue weighted by atomic mass is 10.1. The molecule has 212 valence electrons. The average Bonchev–Trinajstić information content (AvgIpc) is 3.35. The first-order chi connectivity index (χ1) is 18.9. The van der Waals surface area contributed by atoms with E-state index in [1.54, 1.807) is 24.3 Å². The van der Waals surface area contributed by atoms with Gasteiger partial charge in [-0.15, -0.1) is 23.4 Å². The number of pyridine rings is 2. The van der Waals surface area contributed by atoms with Gasteiger partial charge in [0.15, 0.2) is 5.65 Å². The Morgan fingerprint density at radius 1 is 1.02 bits per heavy atom. The number of fused-ring (bicyclic) bond motifs is 1. The Morgan fingerprint density at radius 2 is 1.73 bits per heavy atom. The third-order valence-electron chi connectivity index (χ3n) is 6.83. The van der Waals surface area contributed by atoms with Gasteiger partial charge in [0.1, 0.15) is 17.4 Å². The van der Waals surface area contributed by atoms with Gasteiger partial charge < -0.3 is 10.1 Å². The number of benzene rings is 1. The van der Waals surface area contributed by atoms with Crippen LogP contribution in [0.15, 0.2) is 59.8 Å². The molecule has 0 bridgehead atoms. The van der Waals surface area contributed by atoms with Crippen molar-refractivity contribution in [3.8, 4) is 16.9 Å². The monoisotopic (exact) mass is 574 g/mol. The number of alkyl halides is 3. The molecular formula is C27H29F3N6O3S. The molecule has 0 unspecified atom stereocenters. The van der Waals surface area contributed by atoms with Crippen molar-refractivity contribution < 1.29 is 26.3 Å². The molecule has 1 aliphatic heterocycles. The van der Waals surface area contributed by atoms with Gasteiger partial charge in [0.05, 0.1) is 11.1 Å². The molecule has 4 aromatic rings. The van der Waals surface area contributed by atoms with Crippen molar-refractivity contribution >= 4 is 21.5 Å². The highest BCUT2D eigenvalue weighted by molar-refractivity contribution is 7.89. The zero-order valence-electron chi connectivity index (χ0n) is 22.2. The van der Waals surface area contributed by atoms with Crippen LogP contribution in [0.3, 0.4) is 0 Å². The first-order valence-corrected chi connectivity index (χ1v) is 14.3. The van der Waals surface area contributed by atoms with Crippen molar-refractivity contribution in [2.45, 2.75) is 56.8 Å². The predicted octanol–water partition coefficient (Wildman–Crippen LogP) is 5.39. The van der Waals surface area contributed by atoms with Gasteiger partial charge in [-0.1, -0.05) is 26.0 Å². The molecule has 3 aromatic heterocycles. The van der Waals surface area contributed by atoms with Gasteiger partial charge in [0.25, 0.3) is 0 Å². The number of rotatable bonds is 7. The molecule has 0 saturated carbocycles. The summed E-state index contributed by atoms with van der Waals surface area (Å²) in [4.78, 5) is 4.18. The lowest BCUT2D eigenvalue weighted by molar-refractivity contribution is -0.274. The van der Waals surface area contributed by atoms with Crippen LogP contribution >= 0.6 is 0 Å². The van der Waals surface area contributed by atoms with Crippen molar-refractivity contribution in [1.29, 1.82) is 0 Å². The Kier molecular flexibility index (Phi) is 7.44. The van der Waals surface area contributed by atoms with E-state index in [4.69, 9.17) is 0 Å². The second-order valence-corrected chi connectivity index (χ2v) is 12.0. The molecule has 9 nitrogen and oxygen atoms in total. The zero-order chi connectivity index (χ0) is 28.7. The summed E-state index contributed by atoms with van der Waals surface area (Å²) in [5.74, 6) is 1.05. The van der Waals surface area contributed by atoms with E-state index in [-0.39, 0.29) is 16.9 Å². The number of nitrogens with one attached hydrogen (secondary N) is 1.